The Labute approximate surface area is 148 Å². The average molecular weight is 343 g/mol. The summed E-state index contributed by atoms with van der Waals surface area (Å²) in [6.45, 7) is 8.32. The van der Waals surface area contributed by atoms with E-state index < -0.39 is 23.5 Å². The van der Waals surface area contributed by atoms with Gasteiger partial charge in [0.15, 0.2) is 5.92 Å². The normalized spacial score (nSPS) is 12.8. The lowest BCUT2D eigenvalue weighted by Crippen LogP contribution is -2.38. The van der Waals surface area contributed by atoms with Crippen LogP contribution in [0.5, 0.6) is 0 Å². The quantitative estimate of drug-likeness (QED) is 0.234. The van der Waals surface area contributed by atoms with Crippen LogP contribution in [0.1, 0.15) is 105 Å². The van der Waals surface area contributed by atoms with Gasteiger partial charge in [-0.3, -0.25) is 9.59 Å². The van der Waals surface area contributed by atoms with Crippen LogP contribution in [0.3, 0.4) is 0 Å². The number of hydrogen-bond acceptors (Lipinski definition) is 3. The number of aliphatic carboxylic acids is 1. The van der Waals surface area contributed by atoms with Gasteiger partial charge in [-0.1, -0.05) is 72.6 Å². The van der Waals surface area contributed by atoms with Gasteiger partial charge in [0.1, 0.15) is 5.60 Å². The lowest BCUT2D eigenvalue weighted by Gasteiger charge is -2.33. The number of esters is 1. The highest BCUT2D eigenvalue weighted by atomic mass is 16.6. The molecule has 0 aliphatic carbocycles. The van der Waals surface area contributed by atoms with Gasteiger partial charge in [0.25, 0.3) is 0 Å². The Morgan fingerprint density at radius 2 is 1.42 bits per heavy atom. The summed E-state index contributed by atoms with van der Waals surface area (Å²) in [5.74, 6) is -2.61. The zero-order chi connectivity index (χ0) is 18.4. The number of ether oxygens (including phenoxy) is 1. The van der Waals surface area contributed by atoms with Crippen LogP contribution >= 0.6 is 0 Å². The molecule has 1 N–H and O–H groups in total. The first-order valence-corrected chi connectivity index (χ1v) is 9.91. The third kappa shape index (κ3) is 8.70. The molecule has 0 spiro atoms. The van der Waals surface area contributed by atoms with E-state index in [-0.39, 0.29) is 0 Å². The predicted octanol–water partition coefficient (Wildman–Crippen LogP) is 5.73. The minimum Gasteiger partial charge on any atom is -0.481 e. The van der Waals surface area contributed by atoms with E-state index in [1.807, 2.05) is 13.8 Å². The Kier molecular flexibility index (Phi) is 12.7. The molecule has 1 unspecified atom stereocenters. The Hall–Kier alpha value is -1.06. The van der Waals surface area contributed by atoms with Crippen LogP contribution in [0.15, 0.2) is 0 Å². The van der Waals surface area contributed by atoms with E-state index in [2.05, 4.69) is 13.8 Å². The lowest BCUT2D eigenvalue weighted by atomic mass is 9.90. The zero-order valence-corrected chi connectivity index (χ0v) is 16.2. The van der Waals surface area contributed by atoms with Crippen molar-refractivity contribution in [3.8, 4) is 0 Å². The molecule has 0 bridgehead atoms. The first kappa shape index (κ1) is 22.9. The van der Waals surface area contributed by atoms with Crippen molar-refractivity contribution >= 4 is 11.9 Å². The number of carboxylic acids is 1. The maximum absolute atomic E-state index is 12.5. The van der Waals surface area contributed by atoms with Gasteiger partial charge in [0.2, 0.25) is 0 Å². The first-order valence-electron chi connectivity index (χ1n) is 9.91. The minimum absolute atomic E-state index is 0.385. The second-order valence-electron chi connectivity index (χ2n) is 6.86. The molecule has 1 atom stereocenters. The monoisotopic (exact) mass is 342 g/mol. The van der Waals surface area contributed by atoms with Crippen LogP contribution < -0.4 is 0 Å². The van der Waals surface area contributed by atoms with Gasteiger partial charge in [0.05, 0.1) is 0 Å². The molecule has 0 radical (unpaired) electrons. The van der Waals surface area contributed by atoms with E-state index >= 15 is 0 Å². The summed E-state index contributed by atoms with van der Waals surface area (Å²) in [7, 11) is 0. The molecule has 4 nitrogen and oxygen atoms in total. The molecular weight excluding hydrogens is 304 g/mol. The fourth-order valence-electron chi connectivity index (χ4n) is 3.07. The Bertz CT molecular complexity index is 348. The second-order valence-corrected chi connectivity index (χ2v) is 6.86. The first-order chi connectivity index (χ1) is 11.5. The second kappa shape index (κ2) is 13.3. The Morgan fingerprint density at radius 1 is 0.875 bits per heavy atom. The molecule has 0 aliphatic rings. The summed E-state index contributed by atoms with van der Waals surface area (Å²) < 4.78 is 5.76. The SMILES string of the molecule is CCCCCCCC(C(=O)O)C(=O)OC(CC)(CC)CCCCC. The van der Waals surface area contributed by atoms with Crippen molar-refractivity contribution in [1.82, 2.24) is 0 Å². The van der Waals surface area contributed by atoms with Crippen molar-refractivity contribution < 1.29 is 19.4 Å². The number of carbonyl (C=O) groups excluding carboxylic acids is 1. The van der Waals surface area contributed by atoms with Crippen molar-refractivity contribution in [2.24, 2.45) is 5.92 Å². The van der Waals surface area contributed by atoms with Crippen molar-refractivity contribution in [3.05, 3.63) is 0 Å². The van der Waals surface area contributed by atoms with Crippen LogP contribution in [0.4, 0.5) is 0 Å². The summed E-state index contributed by atoms with van der Waals surface area (Å²) in [6, 6.07) is 0. The van der Waals surface area contributed by atoms with Gasteiger partial charge in [-0.05, 0) is 32.1 Å². The number of carboxylic acid groups (broad SMARTS) is 1. The van der Waals surface area contributed by atoms with Crippen LogP contribution in [0.2, 0.25) is 0 Å². The predicted molar refractivity (Wildman–Crippen MR) is 98.0 cm³/mol. The molecule has 24 heavy (non-hydrogen) atoms. The highest BCUT2D eigenvalue weighted by molar-refractivity contribution is 5.94. The number of rotatable bonds is 15. The average Bonchev–Trinajstić information content (AvgIpc) is 2.56. The number of hydrogen-bond donors (Lipinski definition) is 1. The van der Waals surface area contributed by atoms with Gasteiger partial charge in [-0.25, -0.2) is 0 Å². The highest BCUT2D eigenvalue weighted by Crippen LogP contribution is 2.29. The van der Waals surface area contributed by atoms with E-state index in [1.165, 1.54) is 0 Å². The molecule has 0 rings (SSSR count). The maximum atomic E-state index is 12.5. The number of unbranched alkanes of at least 4 members (excludes halogenated alkanes) is 6. The van der Waals surface area contributed by atoms with Crippen molar-refractivity contribution in [2.45, 2.75) is 110 Å². The molecule has 4 heteroatoms. The van der Waals surface area contributed by atoms with Crippen LogP contribution in [-0.4, -0.2) is 22.6 Å². The zero-order valence-electron chi connectivity index (χ0n) is 16.2. The van der Waals surface area contributed by atoms with E-state index in [0.717, 1.165) is 70.6 Å². The van der Waals surface area contributed by atoms with Crippen LogP contribution in [0, 0.1) is 5.92 Å². The molecule has 0 saturated heterocycles. The minimum atomic E-state index is -1.05. The fourth-order valence-corrected chi connectivity index (χ4v) is 3.07. The van der Waals surface area contributed by atoms with Gasteiger partial charge < -0.3 is 9.84 Å². The highest BCUT2D eigenvalue weighted by Gasteiger charge is 2.35. The van der Waals surface area contributed by atoms with Gasteiger partial charge in [-0.15, -0.1) is 0 Å². The summed E-state index contributed by atoms with van der Waals surface area (Å²) in [5.41, 5.74) is -0.498. The summed E-state index contributed by atoms with van der Waals surface area (Å²) in [6.07, 6.45) is 11.1. The Morgan fingerprint density at radius 3 is 1.92 bits per heavy atom. The topological polar surface area (TPSA) is 63.6 Å². The summed E-state index contributed by atoms with van der Waals surface area (Å²) in [5, 5.41) is 9.40. The third-order valence-electron chi connectivity index (χ3n) is 5.02. The van der Waals surface area contributed by atoms with Crippen molar-refractivity contribution in [1.29, 1.82) is 0 Å². The lowest BCUT2D eigenvalue weighted by molar-refractivity contribution is -0.172. The molecule has 0 aromatic rings. The van der Waals surface area contributed by atoms with Crippen LogP contribution in [0.25, 0.3) is 0 Å². The van der Waals surface area contributed by atoms with E-state index in [0.29, 0.717) is 6.42 Å². The van der Waals surface area contributed by atoms with E-state index in [4.69, 9.17) is 4.74 Å². The maximum Gasteiger partial charge on any atom is 0.320 e. The number of carbonyl (C=O) groups is 2. The molecular formula is C20H38O4. The molecule has 142 valence electrons. The van der Waals surface area contributed by atoms with Gasteiger partial charge >= 0.3 is 11.9 Å². The van der Waals surface area contributed by atoms with Crippen molar-refractivity contribution in [2.75, 3.05) is 0 Å². The molecule has 0 amide bonds. The van der Waals surface area contributed by atoms with Gasteiger partial charge in [0, 0.05) is 0 Å². The largest absolute Gasteiger partial charge is 0.481 e. The Balaban J connectivity index is 4.66. The molecule has 0 aromatic heterocycles. The fraction of sp³-hybridized carbons (Fsp3) is 0.900. The molecule has 0 heterocycles. The van der Waals surface area contributed by atoms with E-state index in [1.54, 1.807) is 0 Å². The summed E-state index contributed by atoms with van der Waals surface area (Å²) >= 11 is 0. The van der Waals surface area contributed by atoms with Gasteiger partial charge in [-0.2, -0.15) is 0 Å². The molecule has 0 aromatic carbocycles. The van der Waals surface area contributed by atoms with Crippen LogP contribution in [-0.2, 0) is 14.3 Å². The standard InChI is InChI=1S/C20H38O4/c1-5-9-11-12-13-15-17(18(21)22)19(23)24-20(7-3,8-4)16-14-10-6-2/h17H,5-16H2,1-4H3,(H,21,22). The third-order valence-corrected chi connectivity index (χ3v) is 5.02. The van der Waals surface area contributed by atoms with Crippen molar-refractivity contribution in [3.63, 3.8) is 0 Å². The molecule has 0 saturated carbocycles. The summed E-state index contributed by atoms with van der Waals surface area (Å²) in [4.78, 5) is 24.0. The van der Waals surface area contributed by atoms with E-state index in [9.17, 15) is 14.7 Å². The smallest absolute Gasteiger partial charge is 0.320 e. The molecule has 0 fully saturated rings. The molecule has 0 aliphatic heterocycles.